The number of nitrogens with zero attached hydrogens (tertiary/aromatic N) is 3. The zero-order valence-corrected chi connectivity index (χ0v) is 14.8. The molecule has 0 atom stereocenters. The first-order valence-corrected chi connectivity index (χ1v) is 8.72. The van der Waals surface area contributed by atoms with E-state index >= 15 is 0 Å². The van der Waals surface area contributed by atoms with E-state index in [1.807, 2.05) is 50.8 Å². The average molecular weight is 327 g/mol. The van der Waals surface area contributed by atoms with Gasteiger partial charge in [0.1, 0.15) is 0 Å². The Labute approximate surface area is 142 Å². The molecule has 0 radical (unpaired) electrons. The lowest BCUT2D eigenvalue weighted by Gasteiger charge is -2.27. The highest BCUT2D eigenvalue weighted by atomic mass is 16.2. The van der Waals surface area contributed by atoms with Gasteiger partial charge in [-0.3, -0.25) is 9.59 Å². The third-order valence-corrected chi connectivity index (χ3v) is 4.34. The first-order valence-electron chi connectivity index (χ1n) is 8.72. The maximum Gasteiger partial charge on any atom is 0.275 e. The van der Waals surface area contributed by atoms with E-state index in [1.54, 1.807) is 6.07 Å². The lowest BCUT2D eigenvalue weighted by atomic mass is 10.1. The van der Waals surface area contributed by atoms with E-state index in [0.717, 1.165) is 12.8 Å². The van der Waals surface area contributed by atoms with E-state index in [9.17, 15) is 9.59 Å². The van der Waals surface area contributed by atoms with Gasteiger partial charge in [0.05, 0.1) is 5.39 Å². The zero-order valence-electron chi connectivity index (χ0n) is 14.8. The second kappa shape index (κ2) is 6.38. The summed E-state index contributed by atoms with van der Waals surface area (Å²) in [6.07, 6.45) is 2.10. The standard InChI is InChI=1S/C19H25N3O2/c1-12(2)11-21-18(23)16-8-6-5-7-15(16)17(20-21)19(24)22(13(3)4)14-9-10-14/h5-8,12-14H,9-11H2,1-4H3. The fourth-order valence-electron chi connectivity index (χ4n) is 3.16. The molecule has 3 rings (SSSR count). The lowest BCUT2D eigenvalue weighted by Crippen LogP contribution is -2.40. The Hall–Kier alpha value is -2.17. The molecular formula is C19H25N3O2. The quantitative estimate of drug-likeness (QED) is 0.848. The molecule has 0 spiro atoms. The first-order chi connectivity index (χ1) is 11.4. The van der Waals surface area contributed by atoms with Crippen LogP contribution >= 0.6 is 0 Å². The average Bonchev–Trinajstić information content (AvgIpc) is 3.34. The van der Waals surface area contributed by atoms with Crippen molar-refractivity contribution in [2.75, 3.05) is 0 Å². The van der Waals surface area contributed by atoms with E-state index in [0.29, 0.717) is 29.1 Å². The third kappa shape index (κ3) is 3.07. The summed E-state index contributed by atoms with van der Waals surface area (Å²) in [6, 6.07) is 7.72. The molecule has 0 saturated heterocycles. The van der Waals surface area contributed by atoms with E-state index in [1.165, 1.54) is 4.68 Å². The van der Waals surface area contributed by atoms with Crippen molar-refractivity contribution in [3.63, 3.8) is 0 Å². The first kappa shape index (κ1) is 16.7. The molecule has 0 N–H and O–H groups in total. The number of benzene rings is 1. The predicted molar refractivity (Wildman–Crippen MR) is 95.2 cm³/mol. The Balaban J connectivity index is 2.17. The molecule has 1 saturated carbocycles. The molecule has 1 aliphatic rings. The summed E-state index contributed by atoms with van der Waals surface area (Å²) in [5.41, 5.74) is 0.268. The number of carbonyl (C=O) groups is 1. The summed E-state index contributed by atoms with van der Waals surface area (Å²) in [7, 11) is 0. The molecule has 1 aromatic heterocycles. The van der Waals surface area contributed by atoms with Crippen LogP contribution in [0.4, 0.5) is 0 Å². The largest absolute Gasteiger partial charge is 0.332 e. The summed E-state index contributed by atoms with van der Waals surface area (Å²) < 4.78 is 1.45. The molecule has 5 heteroatoms. The summed E-state index contributed by atoms with van der Waals surface area (Å²) in [4.78, 5) is 27.8. The number of amides is 1. The maximum absolute atomic E-state index is 13.2. The van der Waals surface area contributed by atoms with Gasteiger partial charge < -0.3 is 4.90 Å². The molecule has 0 unspecified atom stereocenters. The molecule has 24 heavy (non-hydrogen) atoms. The Bertz CT molecular complexity index is 817. The van der Waals surface area contributed by atoms with Gasteiger partial charge in [0, 0.05) is 24.0 Å². The number of fused-ring (bicyclic) bond motifs is 1. The fourth-order valence-corrected chi connectivity index (χ4v) is 3.16. The second-order valence-corrected chi connectivity index (χ2v) is 7.31. The van der Waals surface area contributed by atoms with Crippen molar-refractivity contribution in [1.82, 2.24) is 14.7 Å². The normalized spacial score (nSPS) is 14.6. The molecule has 5 nitrogen and oxygen atoms in total. The van der Waals surface area contributed by atoms with E-state index in [2.05, 4.69) is 5.10 Å². The fraction of sp³-hybridized carbons (Fsp3) is 0.526. The second-order valence-electron chi connectivity index (χ2n) is 7.31. The minimum absolute atomic E-state index is 0.0683. The van der Waals surface area contributed by atoms with Crippen LogP contribution in [-0.4, -0.2) is 32.7 Å². The van der Waals surface area contributed by atoms with Crippen LogP contribution in [0, 0.1) is 5.92 Å². The molecule has 0 aliphatic heterocycles. The Morgan fingerprint density at radius 1 is 1.21 bits per heavy atom. The molecule has 1 fully saturated rings. The molecular weight excluding hydrogens is 302 g/mol. The summed E-state index contributed by atoms with van der Waals surface area (Å²) >= 11 is 0. The minimum Gasteiger partial charge on any atom is -0.332 e. The molecule has 1 amide bonds. The lowest BCUT2D eigenvalue weighted by molar-refractivity contribution is 0.0683. The van der Waals surface area contributed by atoms with Crippen molar-refractivity contribution in [3.8, 4) is 0 Å². The van der Waals surface area contributed by atoms with E-state index in [-0.39, 0.29) is 23.4 Å². The molecule has 1 aromatic carbocycles. The zero-order chi connectivity index (χ0) is 17.4. The maximum atomic E-state index is 13.2. The number of aromatic nitrogens is 2. The van der Waals surface area contributed by atoms with Crippen molar-refractivity contribution < 1.29 is 4.79 Å². The molecule has 2 aromatic rings. The van der Waals surface area contributed by atoms with Gasteiger partial charge in [0.2, 0.25) is 0 Å². The van der Waals surface area contributed by atoms with Gasteiger partial charge in [0.25, 0.3) is 11.5 Å². The van der Waals surface area contributed by atoms with Gasteiger partial charge >= 0.3 is 0 Å². The van der Waals surface area contributed by atoms with Gasteiger partial charge in [-0.25, -0.2) is 4.68 Å². The smallest absolute Gasteiger partial charge is 0.275 e. The summed E-state index contributed by atoms with van der Waals surface area (Å²) in [6.45, 7) is 8.64. The van der Waals surface area contributed by atoms with Gasteiger partial charge in [-0.1, -0.05) is 32.0 Å². The Morgan fingerprint density at radius 2 is 1.83 bits per heavy atom. The number of rotatable bonds is 5. The van der Waals surface area contributed by atoms with Crippen LogP contribution in [0.15, 0.2) is 29.1 Å². The van der Waals surface area contributed by atoms with Crippen molar-refractivity contribution in [2.24, 2.45) is 5.92 Å². The van der Waals surface area contributed by atoms with E-state index in [4.69, 9.17) is 0 Å². The van der Waals surface area contributed by atoms with Crippen LogP contribution in [0.2, 0.25) is 0 Å². The van der Waals surface area contributed by atoms with Crippen LogP contribution in [0.3, 0.4) is 0 Å². The highest BCUT2D eigenvalue weighted by Crippen LogP contribution is 2.30. The number of hydrogen-bond acceptors (Lipinski definition) is 3. The molecule has 1 heterocycles. The third-order valence-electron chi connectivity index (χ3n) is 4.34. The van der Waals surface area contributed by atoms with Crippen molar-refractivity contribution in [2.45, 2.75) is 59.2 Å². The van der Waals surface area contributed by atoms with Gasteiger partial charge in [-0.15, -0.1) is 0 Å². The van der Waals surface area contributed by atoms with Gasteiger partial charge in [-0.05, 0) is 38.7 Å². The number of hydrogen-bond donors (Lipinski definition) is 0. The van der Waals surface area contributed by atoms with Crippen LogP contribution < -0.4 is 5.56 Å². The van der Waals surface area contributed by atoms with Crippen molar-refractivity contribution in [3.05, 3.63) is 40.3 Å². The Kier molecular flexibility index (Phi) is 4.43. The van der Waals surface area contributed by atoms with Crippen LogP contribution in [-0.2, 0) is 6.54 Å². The number of carbonyl (C=O) groups excluding carboxylic acids is 1. The van der Waals surface area contributed by atoms with E-state index < -0.39 is 0 Å². The highest BCUT2D eigenvalue weighted by Gasteiger charge is 2.36. The topological polar surface area (TPSA) is 55.2 Å². The molecule has 1 aliphatic carbocycles. The summed E-state index contributed by atoms with van der Waals surface area (Å²) in [5.74, 6) is 0.213. The highest BCUT2D eigenvalue weighted by molar-refractivity contribution is 6.05. The van der Waals surface area contributed by atoms with Crippen LogP contribution in [0.25, 0.3) is 10.8 Å². The van der Waals surface area contributed by atoms with Crippen molar-refractivity contribution >= 4 is 16.7 Å². The summed E-state index contributed by atoms with van der Waals surface area (Å²) in [5, 5.41) is 5.68. The monoisotopic (exact) mass is 327 g/mol. The predicted octanol–water partition coefficient (Wildman–Crippen LogP) is 3.07. The van der Waals surface area contributed by atoms with Crippen LogP contribution in [0.1, 0.15) is 51.0 Å². The van der Waals surface area contributed by atoms with Gasteiger partial charge in [0.15, 0.2) is 5.69 Å². The van der Waals surface area contributed by atoms with Gasteiger partial charge in [-0.2, -0.15) is 5.10 Å². The molecule has 128 valence electrons. The van der Waals surface area contributed by atoms with Crippen LogP contribution in [0.5, 0.6) is 0 Å². The Morgan fingerprint density at radius 3 is 2.38 bits per heavy atom. The molecule has 0 bridgehead atoms. The SMILES string of the molecule is CC(C)Cn1nc(C(=O)N(C(C)C)C2CC2)c2ccccc2c1=O. The van der Waals surface area contributed by atoms with Crippen molar-refractivity contribution in [1.29, 1.82) is 0 Å². The minimum atomic E-state index is -0.127.